The van der Waals surface area contributed by atoms with Gasteiger partial charge in [0.15, 0.2) is 6.29 Å². The van der Waals surface area contributed by atoms with Crippen LogP contribution in [0.25, 0.3) is 0 Å². The van der Waals surface area contributed by atoms with Gasteiger partial charge in [0, 0.05) is 28.1 Å². The minimum absolute atomic E-state index is 0.0230. The lowest BCUT2D eigenvalue weighted by Crippen LogP contribution is -2.60. The molecule has 1 saturated carbocycles. The van der Waals surface area contributed by atoms with Crippen molar-refractivity contribution in [2.24, 2.45) is 23.2 Å². The molecule has 33 heavy (non-hydrogen) atoms. The molecule has 0 spiro atoms. The number of hydrogen-bond acceptors (Lipinski definition) is 8. The highest BCUT2D eigenvalue weighted by Crippen LogP contribution is 2.72. The number of aliphatic hydroxyl groups is 1. The molecule has 8 nitrogen and oxygen atoms in total. The van der Waals surface area contributed by atoms with E-state index in [0.717, 1.165) is 6.42 Å². The summed E-state index contributed by atoms with van der Waals surface area (Å²) in [5.41, 5.74) is 1.89. The van der Waals surface area contributed by atoms with Crippen molar-refractivity contribution in [2.45, 2.75) is 39.9 Å². The van der Waals surface area contributed by atoms with E-state index in [4.69, 9.17) is 18.9 Å². The third-order valence-electron chi connectivity index (χ3n) is 6.71. The van der Waals surface area contributed by atoms with E-state index in [1.54, 1.807) is 13.8 Å². The zero-order valence-electron chi connectivity index (χ0n) is 19.4. The fourth-order valence-electron chi connectivity index (χ4n) is 5.04. The number of esters is 3. The molecule has 0 aromatic carbocycles. The first-order valence-electron chi connectivity index (χ1n) is 11.2. The van der Waals surface area contributed by atoms with E-state index >= 15 is 0 Å². The first-order chi connectivity index (χ1) is 15.6. The number of aliphatic hydroxyl groups excluding tert-OH is 1. The van der Waals surface area contributed by atoms with Gasteiger partial charge in [-0.05, 0) is 44.1 Å². The number of hydrogen-bond donors (Lipinski definition) is 1. The average molecular weight is 461 g/mol. The van der Waals surface area contributed by atoms with Crippen LogP contribution in [0, 0.1) is 23.2 Å². The summed E-state index contributed by atoms with van der Waals surface area (Å²) in [4.78, 5) is 36.4. The molecule has 0 saturated heterocycles. The minimum atomic E-state index is -1.08. The summed E-state index contributed by atoms with van der Waals surface area (Å²) < 4.78 is 20.6. The molecular weight excluding hydrogens is 428 g/mol. The average Bonchev–Trinajstić information content (AvgIpc) is 3.14. The molecule has 5 atom stereocenters. The van der Waals surface area contributed by atoms with Crippen molar-refractivity contribution < 1.29 is 38.4 Å². The summed E-state index contributed by atoms with van der Waals surface area (Å²) in [5, 5.41) is 9.55. The lowest BCUT2D eigenvalue weighted by molar-refractivity contribution is -0.151. The predicted molar refractivity (Wildman–Crippen MR) is 118 cm³/mol. The van der Waals surface area contributed by atoms with Gasteiger partial charge in [-0.3, -0.25) is 0 Å². The van der Waals surface area contributed by atoms with Crippen LogP contribution in [0.3, 0.4) is 0 Å². The summed E-state index contributed by atoms with van der Waals surface area (Å²) in [6.45, 7) is 12.4. The third kappa shape index (κ3) is 4.82. The van der Waals surface area contributed by atoms with Crippen LogP contribution >= 0.6 is 0 Å². The van der Waals surface area contributed by atoms with Crippen molar-refractivity contribution in [2.75, 3.05) is 26.4 Å². The molecule has 0 bridgehead atoms. The highest BCUT2D eigenvalue weighted by Gasteiger charge is 2.68. The van der Waals surface area contributed by atoms with Crippen LogP contribution in [-0.4, -0.2) is 55.7 Å². The number of ether oxygens (including phenoxy) is 4. The maximum atomic E-state index is 12.6. The molecule has 0 amide bonds. The summed E-state index contributed by atoms with van der Waals surface area (Å²) in [7, 11) is 0. The lowest BCUT2D eigenvalue weighted by Gasteiger charge is -2.64. The second-order valence-electron chi connectivity index (χ2n) is 8.89. The van der Waals surface area contributed by atoms with E-state index in [2.05, 4.69) is 20.1 Å². The van der Waals surface area contributed by atoms with Crippen LogP contribution in [0.1, 0.15) is 33.6 Å². The van der Waals surface area contributed by atoms with Crippen molar-refractivity contribution in [1.82, 2.24) is 0 Å². The maximum Gasteiger partial charge on any atom is 0.334 e. The minimum Gasteiger partial charge on any atom is -0.460 e. The van der Waals surface area contributed by atoms with Gasteiger partial charge >= 0.3 is 17.9 Å². The van der Waals surface area contributed by atoms with Gasteiger partial charge in [0.2, 0.25) is 0 Å². The molecule has 0 aromatic heterocycles. The fraction of sp³-hybridized carbons (Fsp3) is 0.560. The highest BCUT2D eigenvalue weighted by molar-refractivity contribution is 5.94. The Morgan fingerprint density at radius 3 is 2.36 bits per heavy atom. The normalized spacial score (nSPS) is 27.5. The van der Waals surface area contributed by atoms with Crippen LogP contribution in [0.4, 0.5) is 0 Å². The molecule has 1 N–H and O–H groups in total. The standard InChI is InChI=1S/C25H32O8/c1-6-25-13-18(24(29)33-10-8-31-22(27)15(4)5)20(25)17-11-16(12-19(17)25)23(28)32-9-7-30-21(26)14(2)3/h12-13,17,19-20,22,27H,2,4,6-11H2,1,3,5H3. The quantitative estimate of drug-likeness (QED) is 0.118. The SMILES string of the molecule is C=C(C)C(=O)OCCOC(=O)C1=CC2C(C1)C1C(C(=O)OCCOC(O)C(=C)C)=CC21CC. The van der Waals surface area contributed by atoms with Gasteiger partial charge in [0.25, 0.3) is 0 Å². The Balaban J connectivity index is 1.47. The van der Waals surface area contributed by atoms with Crippen LogP contribution in [-0.2, 0) is 33.3 Å². The second-order valence-corrected chi connectivity index (χ2v) is 8.89. The van der Waals surface area contributed by atoms with Gasteiger partial charge in [-0.15, -0.1) is 0 Å². The van der Waals surface area contributed by atoms with Crippen LogP contribution in [0.2, 0.25) is 0 Å². The van der Waals surface area contributed by atoms with Crippen molar-refractivity contribution in [3.8, 4) is 0 Å². The van der Waals surface area contributed by atoms with Crippen LogP contribution in [0.5, 0.6) is 0 Å². The Hall–Kier alpha value is -2.71. The molecule has 1 fully saturated rings. The van der Waals surface area contributed by atoms with E-state index in [9.17, 15) is 19.5 Å². The molecule has 3 aliphatic rings. The molecule has 3 aliphatic carbocycles. The maximum absolute atomic E-state index is 12.6. The first-order valence-corrected chi connectivity index (χ1v) is 11.2. The first kappa shape index (κ1) is 24.9. The zero-order valence-corrected chi connectivity index (χ0v) is 19.4. The Labute approximate surface area is 193 Å². The lowest BCUT2D eigenvalue weighted by atomic mass is 9.39. The van der Waals surface area contributed by atoms with Crippen molar-refractivity contribution in [3.05, 3.63) is 47.6 Å². The Kier molecular flexibility index (Phi) is 7.59. The van der Waals surface area contributed by atoms with E-state index in [1.165, 1.54) is 0 Å². The van der Waals surface area contributed by atoms with Crippen molar-refractivity contribution >= 4 is 17.9 Å². The number of fused-ring (bicyclic) bond motifs is 4. The molecule has 0 aromatic rings. The zero-order chi connectivity index (χ0) is 24.3. The predicted octanol–water partition coefficient (Wildman–Crippen LogP) is 2.63. The highest BCUT2D eigenvalue weighted by atomic mass is 16.6. The van der Waals surface area contributed by atoms with Gasteiger partial charge in [-0.1, -0.05) is 32.2 Å². The number of rotatable bonds is 12. The van der Waals surface area contributed by atoms with E-state index in [1.807, 2.05) is 12.2 Å². The van der Waals surface area contributed by atoms with Crippen LogP contribution in [0.15, 0.2) is 47.6 Å². The van der Waals surface area contributed by atoms with Gasteiger partial charge in [-0.25, -0.2) is 14.4 Å². The topological polar surface area (TPSA) is 108 Å². The van der Waals surface area contributed by atoms with Crippen LogP contribution < -0.4 is 0 Å². The third-order valence-corrected chi connectivity index (χ3v) is 6.71. The molecule has 180 valence electrons. The monoisotopic (exact) mass is 460 g/mol. The van der Waals surface area contributed by atoms with Crippen molar-refractivity contribution in [1.29, 1.82) is 0 Å². The Morgan fingerprint density at radius 2 is 1.73 bits per heavy atom. The molecule has 0 heterocycles. The van der Waals surface area contributed by atoms with Gasteiger partial charge < -0.3 is 24.1 Å². The van der Waals surface area contributed by atoms with Gasteiger partial charge in [0.05, 0.1) is 6.61 Å². The molecule has 0 aliphatic heterocycles. The van der Waals surface area contributed by atoms with Gasteiger partial charge in [-0.2, -0.15) is 0 Å². The summed E-state index contributed by atoms with van der Waals surface area (Å²) >= 11 is 0. The van der Waals surface area contributed by atoms with E-state index in [-0.39, 0.29) is 61.1 Å². The summed E-state index contributed by atoms with van der Waals surface area (Å²) in [5.74, 6) is -0.899. The number of carbonyl (C=O) groups is 3. The number of allylic oxidation sites excluding steroid dienone is 2. The number of carbonyl (C=O) groups excluding carboxylic acids is 3. The largest absolute Gasteiger partial charge is 0.460 e. The second kappa shape index (κ2) is 10.1. The summed E-state index contributed by atoms with van der Waals surface area (Å²) in [6, 6.07) is 0. The molecule has 5 unspecified atom stereocenters. The van der Waals surface area contributed by atoms with E-state index in [0.29, 0.717) is 23.1 Å². The molecular formula is C25H32O8. The fourth-order valence-corrected chi connectivity index (χ4v) is 5.04. The smallest absolute Gasteiger partial charge is 0.334 e. The summed E-state index contributed by atoms with van der Waals surface area (Å²) in [6.07, 6.45) is 4.28. The molecule has 3 rings (SSSR count). The molecule has 8 heteroatoms. The van der Waals surface area contributed by atoms with E-state index < -0.39 is 18.2 Å². The Morgan fingerprint density at radius 1 is 1.09 bits per heavy atom. The van der Waals surface area contributed by atoms with Gasteiger partial charge in [0.1, 0.15) is 19.8 Å². The molecule has 0 radical (unpaired) electrons. The van der Waals surface area contributed by atoms with Crippen molar-refractivity contribution in [3.63, 3.8) is 0 Å². The Bertz CT molecular complexity index is 913.